The highest BCUT2D eigenvalue weighted by Gasteiger charge is 2.15. The zero-order chi connectivity index (χ0) is 17.3. The van der Waals surface area contributed by atoms with E-state index in [1.165, 1.54) is 12.1 Å². The molecular formula is C17H26FN3O2. The smallest absolute Gasteiger partial charge is 0.328 e. The average molecular weight is 323 g/mol. The van der Waals surface area contributed by atoms with E-state index in [1.807, 2.05) is 33.8 Å². The topological polar surface area (TPSA) is 62.7 Å². The number of carbonyl (C=O) groups excluding carboxylic acids is 1. The van der Waals surface area contributed by atoms with E-state index in [-0.39, 0.29) is 18.3 Å². The molecule has 0 radical (unpaired) electrons. The maximum atomic E-state index is 13.1. The highest BCUT2D eigenvalue weighted by Crippen LogP contribution is 2.06. The van der Waals surface area contributed by atoms with Crippen molar-refractivity contribution < 1.29 is 13.9 Å². The standard InChI is InChI=1S/C17H26FN3O2/c1-5-19-16(21-12-15(22)23-17(2,3)4)20-10-9-13-7-6-8-14(18)11-13/h6-8,11H,5,9-10,12H2,1-4H3,(H2,19,20,21). The molecule has 128 valence electrons. The Balaban J connectivity index is 2.47. The lowest BCUT2D eigenvalue weighted by atomic mass is 10.1. The molecule has 2 N–H and O–H groups in total. The van der Waals surface area contributed by atoms with Crippen molar-refractivity contribution in [3.05, 3.63) is 35.6 Å². The van der Waals surface area contributed by atoms with Gasteiger partial charge in [-0.15, -0.1) is 0 Å². The lowest BCUT2D eigenvalue weighted by Crippen LogP contribution is -2.39. The number of aliphatic imine (C=N–C) groups is 1. The second-order valence-electron chi connectivity index (χ2n) is 6.09. The van der Waals surface area contributed by atoms with Crippen LogP contribution in [0.1, 0.15) is 33.3 Å². The largest absolute Gasteiger partial charge is 0.459 e. The minimum atomic E-state index is -0.518. The van der Waals surface area contributed by atoms with Gasteiger partial charge in [0.1, 0.15) is 18.0 Å². The van der Waals surface area contributed by atoms with Gasteiger partial charge in [-0.2, -0.15) is 0 Å². The summed E-state index contributed by atoms with van der Waals surface area (Å²) in [5, 5.41) is 6.17. The summed E-state index contributed by atoms with van der Waals surface area (Å²) >= 11 is 0. The summed E-state index contributed by atoms with van der Waals surface area (Å²) in [5.41, 5.74) is 0.385. The third-order valence-electron chi connectivity index (χ3n) is 2.73. The molecule has 0 saturated carbocycles. The quantitative estimate of drug-likeness (QED) is 0.479. The summed E-state index contributed by atoms with van der Waals surface area (Å²) in [5.74, 6) is -0.0809. The summed E-state index contributed by atoms with van der Waals surface area (Å²) < 4.78 is 18.3. The second-order valence-corrected chi connectivity index (χ2v) is 6.09. The van der Waals surface area contributed by atoms with Crippen LogP contribution in [0, 0.1) is 5.82 Å². The Hall–Kier alpha value is -2.11. The van der Waals surface area contributed by atoms with E-state index in [1.54, 1.807) is 6.07 Å². The Morgan fingerprint density at radius 1 is 1.30 bits per heavy atom. The molecule has 1 aromatic rings. The lowest BCUT2D eigenvalue weighted by molar-refractivity contribution is -0.152. The highest BCUT2D eigenvalue weighted by molar-refractivity contribution is 5.83. The number of hydrogen-bond acceptors (Lipinski definition) is 3. The highest BCUT2D eigenvalue weighted by atomic mass is 19.1. The fourth-order valence-electron chi connectivity index (χ4n) is 1.88. The number of ether oxygens (including phenoxy) is 1. The zero-order valence-corrected chi connectivity index (χ0v) is 14.3. The SMILES string of the molecule is CCNC(=NCC(=O)OC(C)(C)C)NCCc1cccc(F)c1. The number of rotatable bonds is 6. The molecule has 0 amide bonds. The number of carbonyl (C=O) groups is 1. The normalized spacial score (nSPS) is 12.0. The molecule has 5 nitrogen and oxygen atoms in total. The van der Waals surface area contributed by atoms with E-state index in [0.717, 1.165) is 5.56 Å². The van der Waals surface area contributed by atoms with Crippen molar-refractivity contribution in [1.82, 2.24) is 10.6 Å². The number of guanidine groups is 1. The third-order valence-corrected chi connectivity index (χ3v) is 2.73. The van der Waals surface area contributed by atoms with Crippen LogP contribution in [-0.4, -0.2) is 37.2 Å². The fraction of sp³-hybridized carbons (Fsp3) is 0.529. The van der Waals surface area contributed by atoms with Crippen LogP contribution >= 0.6 is 0 Å². The van der Waals surface area contributed by atoms with Gasteiger partial charge in [0.2, 0.25) is 0 Å². The van der Waals surface area contributed by atoms with E-state index in [2.05, 4.69) is 15.6 Å². The molecular weight excluding hydrogens is 297 g/mol. The first kappa shape index (κ1) is 18.9. The Morgan fingerprint density at radius 2 is 2.04 bits per heavy atom. The summed E-state index contributed by atoms with van der Waals surface area (Å²) in [6.07, 6.45) is 0.661. The molecule has 0 aliphatic heterocycles. The Kier molecular flexibility index (Phi) is 7.51. The van der Waals surface area contributed by atoms with Crippen LogP contribution in [0.2, 0.25) is 0 Å². The van der Waals surface area contributed by atoms with Crippen molar-refractivity contribution in [2.75, 3.05) is 19.6 Å². The molecule has 0 saturated heterocycles. The van der Waals surface area contributed by atoms with Gasteiger partial charge in [0.25, 0.3) is 0 Å². The van der Waals surface area contributed by atoms with Crippen LogP contribution < -0.4 is 10.6 Å². The molecule has 0 aromatic heterocycles. The molecule has 0 bridgehead atoms. The van der Waals surface area contributed by atoms with Gasteiger partial charge in [-0.05, 0) is 51.8 Å². The Labute approximate surface area is 137 Å². The molecule has 0 aliphatic carbocycles. The first-order valence-corrected chi connectivity index (χ1v) is 7.78. The first-order valence-electron chi connectivity index (χ1n) is 7.78. The van der Waals surface area contributed by atoms with Crippen molar-refractivity contribution in [2.24, 2.45) is 4.99 Å². The van der Waals surface area contributed by atoms with Crippen LogP contribution in [0.3, 0.4) is 0 Å². The minimum absolute atomic E-state index is 0.0490. The van der Waals surface area contributed by atoms with Gasteiger partial charge >= 0.3 is 5.97 Å². The van der Waals surface area contributed by atoms with Crippen molar-refractivity contribution in [1.29, 1.82) is 0 Å². The van der Waals surface area contributed by atoms with Crippen LogP contribution in [0.4, 0.5) is 4.39 Å². The van der Waals surface area contributed by atoms with Gasteiger partial charge in [0, 0.05) is 13.1 Å². The molecule has 0 fully saturated rings. The van der Waals surface area contributed by atoms with Crippen molar-refractivity contribution >= 4 is 11.9 Å². The van der Waals surface area contributed by atoms with E-state index in [4.69, 9.17) is 4.74 Å². The van der Waals surface area contributed by atoms with E-state index < -0.39 is 5.60 Å². The molecule has 0 heterocycles. The number of nitrogens with one attached hydrogen (secondary N) is 2. The first-order chi connectivity index (χ1) is 10.8. The second kappa shape index (κ2) is 9.12. The minimum Gasteiger partial charge on any atom is -0.459 e. The van der Waals surface area contributed by atoms with Gasteiger partial charge in [-0.25, -0.2) is 9.38 Å². The molecule has 0 unspecified atom stereocenters. The van der Waals surface area contributed by atoms with E-state index >= 15 is 0 Å². The number of nitrogens with zero attached hydrogens (tertiary/aromatic N) is 1. The van der Waals surface area contributed by atoms with Crippen molar-refractivity contribution in [2.45, 2.75) is 39.7 Å². The van der Waals surface area contributed by atoms with E-state index in [0.29, 0.717) is 25.5 Å². The Morgan fingerprint density at radius 3 is 2.65 bits per heavy atom. The zero-order valence-electron chi connectivity index (χ0n) is 14.3. The molecule has 0 aliphatic rings. The van der Waals surface area contributed by atoms with Gasteiger partial charge in [0.05, 0.1) is 0 Å². The van der Waals surface area contributed by atoms with Gasteiger partial charge in [-0.1, -0.05) is 12.1 Å². The molecule has 1 rings (SSSR count). The van der Waals surface area contributed by atoms with Gasteiger partial charge < -0.3 is 15.4 Å². The number of hydrogen-bond donors (Lipinski definition) is 2. The summed E-state index contributed by atoms with van der Waals surface area (Å²) in [6.45, 7) is 8.61. The fourth-order valence-corrected chi connectivity index (χ4v) is 1.88. The number of esters is 1. The van der Waals surface area contributed by atoms with Crippen LogP contribution in [-0.2, 0) is 16.0 Å². The van der Waals surface area contributed by atoms with Crippen LogP contribution in [0.25, 0.3) is 0 Å². The van der Waals surface area contributed by atoms with Crippen LogP contribution in [0.15, 0.2) is 29.3 Å². The van der Waals surface area contributed by atoms with Gasteiger partial charge in [-0.3, -0.25) is 4.79 Å². The van der Waals surface area contributed by atoms with Crippen LogP contribution in [0.5, 0.6) is 0 Å². The molecule has 0 atom stereocenters. The van der Waals surface area contributed by atoms with Crippen molar-refractivity contribution in [3.63, 3.8) is 0 Å². The predicted molar refractivity (Wildman–Crippen MR) is 89.9 cm³/mol. The average Bonchev–Trinajstić information content (AvgIpc) is 2.43. The predicted octanol–water partition coefficient (Wildman–Crippen LogP) is 2.26. The monoisotopic (exact) mass is 323 g/mol. The lowest BCUT2D eigenvalue weighted by Gasteiger charge is -2.19. The maximum Gasteiger partial charge on any atom is 0.328 e. The number of benzene rings is 1. The van der Waals surface area contributed by atoms with Crippen molar-refractivity contribution in [3.8, 4) is 0 Å². The van der Waals surface area contributed by atoms with E-state index in [9.17, 15) is 9.18 Å². The Bertz CT molecular complexity index is 539. The summed E-state index contributed by atoms with van der Waals surface area (Å²) in [6, 6.07) is 6.48. The molecule has 6 heteroatoms. The third kappa shape index (κ3) is 8.80. The molecule has 1 aromatic carbocycles. The summed E-state index contributed by atoms with van der Waals surface area (Å²) in [4.78, 5) is 15.9. The molecule has 23 heavy (non-hydrogen) atoms. The molecule has 0 spiro atoms. The number of halogens is 1. The maximum absolute atomic E-state index is 13.1. The summed E-state index contributed by atoms with van der Waals surface area (Å²) in [7, 11) is 0. The van der Waals surface area contributed by atoms with Gasteiger partial charge in [0.15, 0.2) is 5.96 Å².